The first kappa shape index (κ1) is 18.3. The van der Waals surface area contributed by atoms with Gasteiger partial charge in [0, 0.05) is 0 Å². The lowest BCUT2D eigenvalue weighted by Gasteiger charge is -2.10. The molecule has 2 N–H and O–H groups in total. The van der Waals surface area contributed by atoms with Crippen molar-refractivity contribution in [3.63, 3.8) is 0 Å². The zero-order chi connectivity index (χ0) is 15.3. The lowest BCUT2D eigenvalue weighted by molar-refractivity contribution is -0.153. The zero-order valence-corrected chi connectivity index (χ0v) is 12.6. The highest BCUT2D eigenvalue weighted by Crippen LogP contribution is 2.24. The molecule has 0 radical (unpaired) electrons. The molecular formula is C16H17ClF3NO. The minimum atomic E-state index is -4.32. The summed E-state index contributed by atoms with van der Waals surface area (Å²) >= 11 is 0. The molecule has 0 fully saturated rings. The van der Waals surface area contributed by atoms with Crippen LogP contribution in [0.25, 0.3) is 11.1 Å². The van der Waals surface area contributed by atoms with E-state index < -0.39 is 12.8 Å². The molecule has 0 atom stereocenters. The normalized spacial score (nSPS) is 10.9. The molecule has 6 heteroatoms. The Morgan fingerprint density at radius 2 is 1.64 bits per heavy atom. The Hall–Kier alpha value is -1.72. The summed E-state index contributed by atoms with van der Waals surface area (Å²) in [4.78, 5) is 0. The van der Waals surface area contributed by atoms with Gasteiger partial charge in [-0.1, -0.05) is 36.4 Å². The molecule has 0 spiro atoms. The molecule has 0 amide bonds. The third-order valence-corrected chi connectivity index (χ3v) is 2.95. The van der Waals surface area contributed by atoms with Crippen LogP contribution in [0.3, 0.4) is 0 Å². The average Bonchev–Trinajstić information content (AvgIpc) is 2.46. The monoisotopic (exact) mass is 331 g/mol. The lowest BCUT2D eigenvalue weighted by Crippen LogP contribution is -2.19. The van der Waals surface area contributed by atoms with Crippen molar-refractivity contribution in [2.75, 3.05) is 13.2 Å². The van der Waals surface area contributed by atoms with Crippen LogP contribution in [0.4, 0.5) is 13.2 Å². The maximum Gasteiger partial charge on any atom is 0.422 e. The highest BCUT2D eigenvalue weighted by molar-refractivity contribution is 5.85. The maximum absolute atomic E-state index is 12.1. The summed E-state index contributed by atoms with van der Waals surface area (Å²) in [5.41, 5.74) is 8.59. The van der Waals surface area contributed by atoms with Crippen molar-refractivity contribution in [2.45, 2.75) is 12.6 Å². The fourth-order valence-corrected chi connectivity index (χ4v) is 1.98. The molecule has 0 saturated heterocycles. The topological polar surface area (TPSA) is 35.2 Å². The second-order valence-corrected chi connectivity index (χ2v) is 4.67. The van der Waals surface area contributed by atoms with Crippen LogP contribution in [0.5, 0.6) is 5.75 Å². The van der Waals surface area contributed by atoms with Gasteiger partial charge < -0.3 is 10.5 Å². The van der Waals surface area contributed by atoms with Gasteiger partial charge in [-0.15, -0.1) is 12.4 Å². The van der Waals surface area contributed by atoms with Gasteiger partial charge >= 0.3 is 6.18 Å². The molecule has 0 aliphatic rings. The Labute approximate surface area is 133 Å². The molecule has 0 unspecified atom stereocenters. The minimum Gasteiger partial charge on any atom is -0.484 e. The molecule has 22 heavy (non-hydrogen) atoms. The Balaban J connectivity index is 0.00000242. The second-order valence-electron chi connectivity index (χ2n) is 4.67. The molecule has 0 heterocycles. The Bertz CT molecular complexity index is 585. The van der Waals surface area contributed by atoms with Crippen LogP contribution in [-0.4, -0.2) is 19.3 Å². The van der Waals surface area contributed by atoms with E-state index in [-0.39, 0.29) is 18.2 Å². The summed E-state index contributed by atoms with van der Waals surface area (Å²) in [6, 6.07) is 14.5. The first-order valence-corrected chi connectivity index (χ1v) is 6.57. The van der Waals surface area contributed by atoms with E-state index in [2.05, 4.69) is 4.74 Å². The predicted molar refractivity (Wildman–Crippen MR) is 83.4 cm³/mol. The largest absolute Gasteiger partial charge is 0.484 e. The van der Waals surface area contributed by atoms with Crippen molar-refractivity contribution in [3.05, 3.63) is 54.1 Å². The van der Waals surface area contributed by atoms with Crippen LogP contribution >= 0.6 is 12.4 Å². The third-order valence-electron chi connectivity index (χ3n) is 2.95. The van der Waals surface area contributed by atoms with Crippen molar-refractivity contribution < 1.29 is 17.9 Å². The number of nitrogens with two attached hydrogens (primary N) is 1. The molecule has 0 bridgehead atoms. The molecule has 0 aromatic heterocycles. The van der Waals surface area contributed by atoms with Crippen molar-refractivity contribution >= 4 is 12.4 Å². The number of alkyl halides is 3. The highest BCUT2D eigenvalue weighted by Gasteiger charge is 2.28. The van der Waals surface area contributed by atoms with Crippen LogP contribution in [0.1, 0.15) is 5.56 Å². The van der Waals surface area contributed by atoms with E-state index in [0.29, 0.717) is 6.54 Å². The first-order valence-electron chi connectivity index (χ1n) is 6.57. The quantitative estimate of drug-likeness (QED) is 0.890. The molecule has 2 rings (SSSR count). The third kappa shape index (κ3) is 5.58. The highest BCUT2D eigenvalue weighted by atomic mass is 35.5. The summed E-state index contributed by atoms with van der Waals surface area (Å²) in [7, 11) is 0. The van der Waals surface area contributed by atoms with Crippen LogP contribution in [0.15, 0.2) is 48.5 Å². The van der Waals surface area contributed by atoms with Crippen molar-refractivity contribution in [2.24, 2.45) is 5.73 Å². The standard InChI is InChI=1S/C16H16F3NO.ClH/c17-16(18,19)11-21-15-6-4-13(5-7-15)14-3-1-2-12(10-14)8-9-20;/h1-7,10H,8-9,11,20H2;1H. The van der Waals surface area contributed by atoms with Crippen molar-refractivity contribution in [1.29, 1.82) is 0 Å². The molecule has 2 nitrogen and oxygen atoms in total. The Morgan fingerprint density at radius 3 is 2.23 bits per heavy atom. The van der Waals surface area contributed by atoms with Gasteiger partial charge in [-0.05, 0) is 41.8 Å². The summed E-state index contributed by atoms with van der Waals surface area (Å²) in [6.45, 7) is -0.702. The SMILES string of the molecule is Cl.NCCc1cccc(-c2ccc(OCC(F)(F)F)cc2)c1. The van der Waals surface area contributed by atoms with E-state index >= 15 is 0 Å². The van der Waals surface area contributed by atoms with Crippen LogP contribution in [-0.2, 0) is 6.42 Å². The van der Waals surface area contributed by atoms with E-state index in [1.54, 1.807) is 12.1 Å². The number of hydrogen-bond acceptors (Lipinski definition) is 2. The van der Waals surface area contributed by atoms with Crippen LogP contribution in [0.2, 0.25) is 0 Å². The summed E-state index contributed by atoms with van der Waals surface area (Å²) in [5, 5.41) is 0. The van der Waals surface area contributed by atoms with Gasteiger partial charge in [0.05, 0.1) is 0 Å². The predicted octanol–water partition coefficient (Wildman–Crippen LogP) is 4.22. The van der Waals surface area contributed by atoms with Gasteiger partial charge in [-0.2, -0.15) is 13.2 Å². The lowest BCUT2D eigenvalue weighted by atomic mass is 10.0. The average molecular weight is 332 g/mol. The van der Waals surface area contributed by atoms with Crippen LogP contribution in [0, 0.1) is 0 Å². The first-order chi connectivity index (χ1) is 9.98. The maximum atomic E-state index is 12.1. The minimum absolute atomic E-state index is 0. The van der Waals surface area contributed by atoms with E-state index in [4.69, 9.17) is 5.73 Å². The van der Waals surface area contributed by atoms with Gasteiger partial charge in [-0.25, -0.2) is 0 Å². The van der Waals surface area contributed by atoms with Crippen molar-refractivity contribution in [1.82, 2.24) is 0 Å². The Morgan fingerprint density at radius 1 is 0.955 bits per heavy atom. The molecule has 120 valence electrons. The van der Waals surface area contributed by atoms with E-state index in [1.807, 2.05) is 24.3 Å². The van der Waals surface area contributed by atoms with Gasteiger partial charge in [0.25, 0.3) is 0 Å². The van der Waals surface area contributed by atoms with Gasteiger partial charge in [0.15, 0.2) is 6.61 Å². The summed E-state index contributed by atoms with van der Waals surface area (Å²) in [5.74, 6) is 0.203. The van der Waals surface area contributed by atoms with Gasteiger partial charge in [0.1, 0.15) is 5.75 Å². The zero-order valence-electron chi connectivity index (χ0n) is 11.8. The number of rotatable bonds is 5. The molecule has 0 aliphatic heterocycles. The van der Waals surface area contributed by atoms with E-state index in [0.717, 1.165) is 23.1 Å². The number of halogens is 4. The number of ether oxygens (including phenoxy) is 1. The smallest absolute Gasteiger partial charge is 0.422 e. The molecular weight excluding hydrogens is 315 g/mol. The second kappa shape index (κ2) is 8.06. The number of benzene rings is 2. The number of hydrogen-bond donors (Lipinski definition) is 1. The molecule has 2 aromatic rings. The molecule has 0 aliphatic carbocycles. The summed E-state index contributed by atoms with van der Waals surface area (Å²) < 4.78 is 40.9. The fraction of sp³-hybridized carbons (Fsp3) is 0.250. The van der Waals surface area contributed by atoms with Gasteiger partial charge in [-0.3, -0.25) is 0 Å². The van der Waals surface area contributed by atoms with E-state index in [1.165, 1.54) is 12.1 Å². The molecule has 0 saturated carbocycles. The van der Waals surface area contributed by atoms with E-state index in [9.17, 15) is 13.2 Å². The fourth-order valence-electron chi connectivity index (χ4n) is 1.98. The Kier molecular flexibility index (Phi) is 6.71. The van der Waals surface area contributed by atoms with Crippen molar-refractivity contribution in [3.8, 4) is 16.9 Å². The summed E-state index contributed by atoms with van der Waals surface area (Å²) in [6.07, 6.45) is -3.53. The van der Waals surface area contributed by atoms with Gasteiger partial charge in [0.2, 0.25) is 0 Å². The molecule has 2 aromatic carbocycles. The van der Waals surface area contributed by atoms with Crippen LogP contribution < -0.4 is 10.5 Å².